The van der Waals surface area contributed by atoms with E-state index >= 15 is 0 Å². The summed E-state index contributed by atoms with van der Waals surface area (Å²) in [6.45, 7) is 1.85. The molecule has 0 aromatic heterocycles. The predicted molar refractivity (Wildman–Crippen MR) is 76.0 cm³/mol. The van der Waals surface area contributed by atoms with Crippen molar-refractivity contribution in [2.24, 2.45) is 0 Å². The van der Waals surface area contributed by atoms with Crippen LogP contribution in [-0.2, 0) is 0 Å². The van der Waals surface area contributed by atoms with E-state index in [4.69, 9.17) is 0 Å². The molecule has 0 aliphatic carbocycles. The summed E-state index contributed by atoms with van der Waals surface area (Å²) in [5.41, 5.74) is 2.74. The number of aryl methyl sites for hydroxylation is 1. The van der Waals surface area contributed by atoms with Crippen molar-refractivity contribution in [1.29, 1.82) is 0 Å². The Bertz CT molecular complexity index is 582. The monoisotopic (exact) mass is 374 g/mol. The van der Waals surface area contributed by atoms with E-state index in [1.807, 2.05) is 6.92 Å². The van der Waals surface area contributed by atoms with Crippen molar-refractivity contribution in [3.05, 3.63) is 69.2 Å². The molecule has 0 spiro atoms. The van der Waals surface area contributed by atoms with Crippen molar-refractivity contribution in [3.63, 3.8) is 0 Å². The summed E-state index contributed by atoms with van der Waals surface area (Å²) in [6, 6.07) is 9.49. The Kier molecular flexibility index (Phi) is 4.17. The van der Waals surface area contributed by atoms with Gasteiger partial charge in [-0.15, -0.1) is 0 Å². The minimum absolute atomic E-state index is 0.0880. The molecule has 0 saturated heterocycles. The molecule has 0 bridgehead atoms. The summed E-state index contributed by atoms with van der Waals surface area (Å²) in [5, 5.41) is 0. The standard InChI is InChI=1S/C14H10Br2F2/c1-8-6-10(17)3-4-11(8)14(16)9-2-5-13(18)12(15)7-9/h2-7,14H,1H3. The lowest BCUT2D eigenvalue weighted by Gasteiger charge is -2.14. The van der Waals surface area contributed by atoms with Crippen molar-refractivity contribution in [2.45, 2.75) is 11.8 Å². The van der Waals surface area contributed by atoms with Crippen LogP contribution in [0.4, 0.5) is 8.78 Å². The molecular formula is C14H10Br2F2. The van der Waals surface area contributed by atoms with Crippen LogP contribution >= 0.6 is 31.9 Å². The van der Waals surface area contributed by atoms with Gasteiger partial charge in [0.1, 0.15) is 11.6 Å². The molecule has 0 saturated carbocycles. The number of halogens is 4. The van der Waals surface area contributed by atoms with Gasteiger partial charge in [0.15, 0.2) is 0 Å². The molecule has 2 aromatic rings. The van der Waals surface area contributed by atoms with E-state index in [2.05, 4.69) is 31.9 Å². The first-order chi connectivity index (χ1) is 8.49. The van der Waals surface area contributed by atoms with Gasteiger partial charge in [-0.3, -0.25) is 0 Å². The maximum absolute atomic E-state index is 13.2. The SMILES string of the molecule is Cc1cc(F)ccc1C(Br)c1ccc(F)c(Br)c1. The molecule has 94 valence electrons. The fourth-order valence-corrected chi connectivity index (χ4v) is 2.97. The molecule has 18 heavy (non-hydrogen) atoms. The third-order valence-electron chi connectivity index (χ3n) is 2.74. The maximum Gasteiger partial charge on any atom is 0.137 e. The molecule has 0 fully saturated rings. The summed E-state index contributed by atoms with van der Waals surface area (Å²) in [6.07, 6.45) is 0. The minimum atomic E-state index is -0.297. The second kappa shape index (κ2) is 5.49. The third-order valence-corrected chi connectivity index (χ3v) is 4.37. The van der Waals surface area contributed by atoms with Crippen LogP contribution in [0.2, 0.25) is 0 Å². The summed E-state index contributed by atoms with van der Waals surface area (Å²) in [7, 11) is 0. The maximum atomic E-state index is 13.2. The van der Waals surface area contributed by atoms with Gasteiger partial charge in [0.25, 0.3) is 0 Å². The zero-order valence-corrected chi connectivity index (χ0v) is 12.7. The van der Waals surface area contributed by atoms with Crippen LogP contribution in [0.3, 0.4) is 0 Å². The molecule has 0 aliphatic rings. The molecule has 1 atom stereocenters. The topological polar surface area (TPSA) is 0 Å². The molecule has 0 radical (unpaired) electrons. The lowest BCUT2D eigenvalue weighted by molar-refractivity contribution is 0.620. The molecule has 4 heteroatoms. The smallest absolute Gasteiger partial charge is 0.137 e. The van der Waals surface area contributed by atoms with Gasteiger partial charge in [0.2, 0.25) is 0 Å². The zero-order valence-electron chi connectivity index (χ0n) is 9.55. The van der Waals surface area contributed by atoms with Crippen LogP contribution in [0.15, 0.2) is 40.9 Å². The van der Waals surface area contributed by atoms with E-state index in [1.54, 1.807) is 18.2 Å². The van der Waals surface area contributed by atoms with Gasteiger partial charge in [-0.25, -0.2) is 8.78 Å². The fourth-order valence-electron chi connectivity index (χ4n) is 1.77. The lowest BCUT2D eigenvalue weighted by Crippen LogP contribution is -1.97. The zero-order chi connectivity index (χ0) is 13.3. The van der Waals surface area contributed by atoms with Crippen molar-refractivity contribution in [2.75, 3.05) is 0 Å². The first-order valence-corrected chi connectivity index (χ1v) is 7.05. The first kappa shape index (κ1) is 13.7. The van der Waals surface area contributed by atoms with Crippen LogP contribution in [0.1, 0.15) is 21.5 Å². The molecule has 0 N–H and O–H groups in total. The number of hydrogen-bond donors (Lipinski definition) is 0. The van der Waals surface area contributed by atoms with Crippen molar-refractivity contribution in [1.82, 2.24) is 0 Å². The van der Waals surface area contributed by atoms with E-state index < -0.39 is 0 Å². The highest BCUT2D eigenvalue weighted by Crippen LogP contribution is 2.34. The molecule has 1 unspecified atom stereocenters. The van der Waals surface area contributed by atoms with Gasteiger partial charge in [-0.2, -0.15) is 0 Å². The van der Waals surface area contributed by atoms with E-state index in [9.17, 15) is 8.78 Å². The molecule has 2 aromatic carbocycles. The Labute approximate surface area is 121 Å². The quantitative estimate of drug-likeness (QED) is 0.606. The Balaban J connectivity index is 2.41. The summed E-state index contributed by atoms with van der Waals surface area (Å²) >= 11 is 6.72. The number of benzene rings is 2. The second-order valence-corrected chi connectivity index (χ2v) is 5.81. The predicted octanol–water partition coefficient (Wildman–Crippen LogP) is 5.52. The van der Waals surface area contributed by atoms with Gasteiger partial charge in [-0.05, 0) is 63.8 Å². The molecule has 0 aliphatic heterocycles. The Morgan fingerprint density at radius 1 is 1.06 bits per heavy atom. The van der Waals surface area contributed by atoms with Gasteiger partial charge < -0.3 is 0 Å². The average Bonchev–Trinajstić information content (AvgIpc) is 2.32. The molecule has 2 rings (SSSR count). The van der Waals surface area contributed by atoms with Crippen molar-refractivity contribution < 1.29 is 8.78 Å². The largest absolute Gasteiger partial charge is 0.207 e. The minimum Gasteiger partial charge on any atom is -0.207 e. The Morgan fingerprint density at radius 3 is 2.39 bits per heavy atom. The number of rotatable bonds is 2. The van der Waals surface area contributed by atoms with E-state index in [1.165, 1.54) is 18.2 Å². The Hall–Kier alpha value is -0.740. The van der Waals surface area contributed by atoms with Gasteiger partial charge in [-0.1, -0.05) is 28.1 Å². The highest BCUT2D eigenvalue weighted by atomic mass is 79.9. The van der Waals surface area contributed by atoms with Crippen LogP contribution in [0, 0.1) is 18.6 Å². The Morgan fingerprint density at radius 2 is 1.78 bits per heavy atom. The van der Waals surface area contributed by atoms with Gasteiger partial charge in [0, 0.05) is 0 Å². The highest BCUT2D eigenvalue weighted by molar-refractivity contribution is 9.10. The first-order valence-electron chi connectivity index (χ1n) is 5.34. The summed E-state index contributed by atoms with van der Waals surface area (Å²) in [4.78, 5) is -0.0880. The molecular weight excluding hydrogens is 366 g/mol. The highest BCUT2D eigenvalue weighted by Gasteiger charge is 2.14. The van der Waals surface area contributed by atoms with E-state index in [0.29, 0.717) is 4.47 Å². The summed E-state index contributed by atoms with van der Waals surface area (Å²) < 4.78 is 26.7. The molecule has 0 heterocycles. The van der Waals surface area contributed by atoms with Crippen LogP contribution < -0.4 is 0 Å². The number of alkyl halides is 1. The number of hydrogen-bond acceptors (Lipinski definition) is 0. The van der Waals surface area contributed by atoms with E-state index in [0.717, 1.165) is 16.7 Å². The van der Waals surface area contributed by atoms with Crippen molar-refractivity contribution in [3.8, 4) is 0 Å². The lowest BCUT2D eigenvalue weighted by atomic mass is 10.0. The van der Waals surface area contributed by atoms with Crippen LogP contribution in [0.5, 0.6) is 0 Å². The van der Waals surface area contributed by atoms with Crippen LogP contribution in [0.25, 0.3) is 0 Å². The average molecular weight is 376 g/mol. The second-order valence-electron chi connectivity index (χ2n) is 4.04. The molecule has 0 nitrogen and oxygen atoms in total. The van der Waals surface area contributed by atoms with Crippen LogP contribution in [-0.4, -0.2) is 0 Å². The van der Waals surface area contributed by atoms with Gasteiger partial charge in [0.05, 0.1) is 9.30 Å². The van der Waals surface area contributed by atoms with Gasteiger partial charge >= 0.3 is 0 Å². The summed E-state index contributed by atoms with van der Waals surface area (Å²) in [5.74, 6) is -0.550. The van der Waals surface area contributed by atoms with E-state index in [-0.39, 0.29) is 16.5 Å². The fraction of sp³-hybridized carbons (Fsp3) is 0.143. The third kappa shape index (κ3) is 2.81. The normalized spacial score (nSPS) is 12.5. The molecule has 0 amide bonds. The van der Waals surface area contributed by atoms with Crippen molar-refractivity contribution >= 4 is 31.9 Å².